The standard InChI is InChI=1S/C14H12ClN3O3/c1-18-10(6-7-16-18)3-5-13(19)17-12-8-9(14(20)21)2-4-11(12)15/h2-8H,1H3,(H,17,19)(H,20,21)/b5-3+. The lowest BCUT2D eigenvalue weighted by Crippen LogP contribution is -2.09. The van der Waals surface area contributed by atoms with Crippen LogP contribution in [0, 0.1) is 0 Å². The molecular weight excluding hydrogens is 294 g/mol. The number of nitrogens with one attached hydrogen (secondary N) is 1. The lowest BCUT2D eigenvalue weighted by Gasteiger charge is -2.06. The van der Waals surface area contributed by atoms with Gasteiger partial charge in [-0.15, -0.1) is 0 Å². The van der Waals surface area contributed by atoms with Gasteiger partial charge in [-0.2, -0.15) is 5.10 Å². The fourth-order valence-electron chi connectivity index (χ4n) is 1.64. The fourth-order valence-corrected chi connectivity index (χ4v) is 1.80. The molecule has 0 spiro atoms. The van der Waals surface area contributed by atoms with Gasteiger partial charge in [-0.05, 0) is 30.3 Å². The SMILES string of the molecule is Cn1nccc1/C=C/C(=O)Nc1cc(C(=O)O)ccc1Cl. The van der Waals surface area contributed by atoms with Gasteiger partial charge in [0, 0.05) is 19.3 Å². The van der Waals surface area contributed by atoms with E-state index < -0.39 is 11.9 Å². The maximum absolute atomic E-state index is 11.8. The van der Waals surface area contributed by atoms with Crippen molar-refractivity contribution < 1.29 is 14.7 Å². The van der Waals surface area contributed by atoms with Gasteiger partial charge in [0.05, 0.1) is 22.0 Å². The van der Waals surface area contributed by atoms with E-state index in [9.17, 15) is 9.59 Å². The molecule has 2 N–H and O–H groups in total. The fraction of sp³-hybridized carbons (Fsp3) is 0.0714. The van der Waals surface area contributed by atoms with Crippen LogP contribution in [0.2, 0.25) is 5.02 Å². The molecule has 1 aromatic carbocycles. The number of aryl methyl sites for hydroxylation is 1. The monoisotopic (exact) mass is 305 g/mol. The van der Waals surface area contributed by atoms with Crippen LogP contribution < -0.4 is 5.32 Å². The van der Waals surface area contributed by atoms with E-state index in [1.165, 1.54) is 24.3 Å². The Hall–Kier alpha value is -2.60. The molecule has 0 aliphatic heterocycles. The molecule has 0 fully saturated rings. The Bertz CT molecular complexity index is 722. The van der Waals surface area contributed by atoms with Crippen molar-refractivity contribution >= 4 is 35.2 Å². The molecule has 0 atom stereocenters. The van der Waals surface area contributed by atoms with Crippen LogP contribution in [0.4, 0.5) is 5.69 Å². The number of benzene rings is 1. The summed E-state index contributed by atoms with van der Waals surface area (Å²) < 4.78 is 1.61. The molecule has 21 heavy (non-hydrogen) atoms. The third-order valence-electron chi connectivity index (χ3n) is 2.74. The van der Waals surface area contributed by atoms with E-state index in [2.05, 4.69) is 10.4 Å². The zero-order valence-electron chi connectivity index (χ0n) is 11.1. The highest BCUT2D eigenvalue weighted by Crippen LogP contribution is 2.23. The molecule has 0 radical (unpaired) electrons. The number of carboxylic acids is 1. The van der Waals surface area contributed by atoms with E-state index in [0.29, 0.717) is 0 Å². The molecule has 7 heteroatoms. The van der Waals surface area contributed by atoms with Crippen LogP contribution in [0.15, 0.2) is 36.5 Å². The van der Waals surface area contributed by atoms with Crippen molar-refractivity contribution in [1.82, 2.24) is 9.78 Å². The van der Waals surface area contributed by atoms with Crippen molar-refractivity contribution in [2.45, 2.75) is 0 Å². The molecule has 0 aliphatic rings. The quantitative estimate of drug-likeness (QED) is 0.850. The summed E-state index contributed by atoms with van der Waals surface area (Å²) in [6.07, 6.45) is 4.53. The Balaban J connectivity index is 2.13. The van der Waals surface area contributed by atoms with Gasteiger partial charge in [-0.3, -0.25) is 9.48 Å². The first-order valence-electron chi connectivity index (χ1n) is 5.97. The topological polar surface area (TPSA) is 84.2 Å². The highest BCUT2D eigenvalue weighted by molar-refractivity contribution is 6.34. The average Bonchev–Trinajstić information content (AvgIpc) is 2.84. The second kappa shape index (κ2) is 6.23. The molecule has 2 rings (SSSR count). The molecule has 1 heterocycles. The first-order valence-corrected chi connectivity index (χ1v) is 6.35. The van der Waals surface area contributed by atoms with Gasteiger partial charge in [0.15, 0.2) is 0 Å². The number of nitrogens with zero attached hydrogens (tertiary/aromatic N) is 2. The largest absolute Gasteiger partial charge is 0.478 e. The van der Waals surface area contributed by atoms with E-state index >= 15 is 0 Å². The Morgan fingerprint density at radius 2 is 2.14 bits per heavy atom. The Morgan fingerprint density at radius 3 is 2.76 bits per heavy atom. The number of carboxylic acid groups (broad SMARTS) is 1. The lowest BCUT2D eigenvalue weighted by atomic mass is 10.2. The smallest absolute Gasteiger partial charge is 0.335 e. The summed E-state index contributed by atoms with van der Waals surface area (Å²) in [5.41, 5.74) is 1.05. The Kier molecular flexibility index (Phi) is 4.39. The number of carbonyl (C=O) groups excluding carboxylic acids is 1. The van der Waals surface area contributed by atoms with Crippen molar-refractivity contribution in [2.75, 3.05) is 5.32 Å². The zero-order chi connectivity index (χ0) is 15.4. The first-order chi connectivity index (χ1) is 9.97. The average molecular weight is 306 g/mol. The maximum Gasteiger partial charge on any atom is 0.335 e. The summed E-state index contributed by atoms with van der Waals surface area (Å²) in [6.45, 7) is 0. The number of aromatic carboxylic acids is 1. The number of rotatable bonds is 4. The minimum atomic E-state index is -1.09. The van der Waals surface area contributed by atoms with Crippen LogP contribution in [0.3, 0.4) is 0 Å². The third kappa shape index (κ3) is 3.70. The van der Waals surface area contributed by atoms with Crippen molar-refractivity contribution in [3.63, 3.8) is 0 Å². The maximum atomic E-state index is 11.8. The van der Waals surface area contributed by atoms with E-state index in [0.717, 1.165) is 5.69 Å². The number of carbonyl (C=O) groups is 2. The Morgan fingerprint density at radius 1 is 1.38 bits per heavy atom. The van der Waals surface area contributed by atoms with Crippen molar-refractivity contribution in [3.8, 4) is 0 Å². The molecule has 1 aromatic heterocycles. The molecule has 0 saturated carbocycles. The molecule has 2 aromatic rings. The summed E-state index contributed by atoms with van der Waals surface area (Å²) in [4.78, 5) is 22.7. The summed E-state index contributed by atoms with van der Waals surface area (Å²) in [5, 5.41) is 15.7. The summed E-state index contributed by atoms with van der Waals surface area (Å²) in [7, 11) is 1.75. The van der Waals surface area contributed by atoms with Crippen molar-refractivity contribution in [2.24, 2.45) is 7.05 Å². The van der Waals surface area contributed by atoms with Gasteiger partial charge >= 0.3 is 5.97 Å². The van der Waals surface area contributed by atoms with Crippen LogP contribution in [-0.4, -0.2) is 26.8 Å². The normalized spacial score (nSPS) is 10.8. The predicted molar refractivity (Wildman–Crippen MR) is 79.3 cm³/mol. The van der Waals surface area contributed by atoms with E-state index in [1.807, 2.05) is 0 Å². The van der Waals surface area contributed by atoms with E-state index in [4.69, 9.17) is 16.7 Å². The Labute approximate surface area is 125 Å². The van der Waals surface area contributed by atoms with Gasteiger partial charge in [-0.25, -0.2) is 4.79 Å². The molecular formula is C14H12ClN3O3. The number of hydrogen-bond acceptors (Lipinski definition) is 3. The van der Waals surface area contributed by atoms with Gasteiger partial charge in [0.2, 0.25) is 5.91 Å². The molecule has 1 amide bonds. The summed E-state index contributed by atoms with van der Waals surface area (Å²) in [6, 6.07) is 5.85. The minimum absolute atomic E-state index is 0.0466. The molecule has 6 nitrogen and oxygen atoms in total. The van der Waals surface area contributed by atoms with Gasteiger partial charge in [0.1, 0.15) is 0 Å². The van der Waals surface area contributed by atoms with Crippen LogP contribution >= 0.6 is 11.6 Å². The number of anilines is 1. The summed E-state index contributed by atoms with van der Waals surface area (Å²) in [5.74, 6) is -1.51. The van der Waals surface area contributed by atoms with Crippen LogP contribution in [-0.2, 0) is 11.8 Å². The number of halogens is 1. The molecule has 0 saturated heterocycles. The van der Waals surface area contributed by atoms with Crippen molar-refractivity contribution in [1.29, 1.82) is 0 Å². The first kappa shape index (κ1) is 14.8. The highest BCUT2D eigenvalue weighted by Gasteiger charge is 2.08. The second-order valence-corrected chi connectivity index (χ2v) is 4.61. The third-order valence-corrected chi connectivity index (χ3v) is 3.07. The van der Waals surface area contributed by atoms with Gasteiger partial charge in [-0.1, -0.05) is 11.6 Å². The molecule has 0 bridgehead atoms. The minimum Gasteiger partial charge on any atom is -0.478 e. The highest BCUT2D eigenvalue weighted by atomic mass is 35.5. The lowest BCUT2D eigenvalue weighted by molar-refractivity contribution is -0.111. The van der Waals surface area contributed by atoms with E-state index in [1.54, 1.807) is 30.1 Å². The zero-order valence-corrected chi connectivity index (χ0v) is 11.8. The van der Waals surface area contributed by atoms with Crippen LogP contribution in [0.5, 0.6) is 0 Å². The number of aromatic nitrogens is 2. The van der Waals surface area contributed by atoms with Crippen molar-refractivity contribution in [3.05, 3.63) is 52.8 Å². The van der Waals surface area contributed by atoms with E-state index in [-0.39, 0.29) is 16.3 Å². The molecule has 0 unspecified atom stereocenters. The van der Waals surface area contributed by atoms with Crippen LogP contribution in [0.1, 0.15) is 16.1 Å². The predicted octanol–water partition coefficient (Wildman–Crippen LogP) is 2.42. The number of amides is 1. The van der Waals surface area contributed by atoms with Gasteiger partial charge in [0.25, 0.3) is 0 Å². The van der Waals surface area contributed by atoms with Crippen LogP contribution in [0.25, 0.3) is 6.08 Å². The molecule has 108 valence electrons. The summed E-state index contributed by atoms with van der Waals surface area (Å²) >= 11 is 5.92. The number of hydrogen-bond donors (Lipinski definition) is 2. The molecule has 0 aliphatic carbocycles. The second-order valence-electron chi connectivity index (χ2n) is 4.20. The van der Waals surface area contributed by atoms with Gasteiger partial charge < -0.3 is 10.4 Å².